The van der Waals surface area contributed by atoms with E-state index in [0.717, 1.165) is 22.4 Å². The van der Waals surface area contributed by atoms with Gasteiger partial charge in [-0.15, -0.1) is 0 Å². The van der Waals surface area contributed by atoms with E-state index in [0.29, 0.717) is 11.5 Å². The summed E-state index contributed by atoms with van der Waals surface area (Å²) in [5.74, 6) is 1.07. The Labute approximate surface area is 111 Å². The second-order valence-electron chi connectivity index (χ2n) is 4.47. The van der Waals surface area contributed by atoms with Gasteiger partial charge in [-0.3, -0.25) is 4.79 Å². The summed E-state index contributed by atoms with van der Waals surface area (Å²) < 4.78 is 10.8. The van der Waals surface area contributed by atoms with Gasteiger partial charge >= 0.3 is 5.97 Å². The third-order valence-electron chi connectivity index (χ3n) is 2.99. The highest BCUT2D eigenvalue weighted by atomic mass is 16.5. The highest BCUT2D eigenvalue weighted by Gasteiger charge is 2.12. The second kappa shape index (κ2) is 5.18. The molecule has 0 saturated carbocycles. The lowest BCUT2D eigenvalue weighted by Gasteiger charge is -2.09. The number of benzene rings is 1. The minimum atomic E-state index is -0.900. The number of hydrogen-bond acceptors (Lipinski definition) is 3. The maximum atomic E-state index is 10.6. The van der Waals surface area contributed by atoms with E-state index in [4.69, 9.17) is 14.3 Å². The van der Waals surface area contributed by atoms with E-state index in [9.17, 15) is 4.79 Å². The average Bonchev–Trinajstić information content (AvgIpc) is 2.79. The topological polar surface area (TPSA) is 59.7 Å². The lowest BCUT2D eigenvalue weighted by Crippen LogP contribution is -1.97. The Morgan fingerprint density at radius 1 is 1.26 bits per heavy atom. The van der Waals surface area contributed by atoms with Crippen LogP contribution in [0.5, 0.6) is 5.75 Å². The molecule has 0 spiro atoms. The molecule has 1 N–H and O–H groups in total. The zero-order valence-corrected chi connectivity index (χ0v) is 11.2. The fraction of sp³-hybridized carbons (Fsp3) is 0.267. The number of rotatable bonds is 4. The van der Waals surface area contributed by atoms with Crippen LogP contribution in [0.2, 0.25) is 0 Å². The molecule has 0 bridgehead atoms. The maximum Gasteiger partial charge on any atom is 0.311 e. The summed E-state index contributed by atoms with van der Waals surface area (Å²) >= 11 is 0. The van der Waals surface area contributed by atoms with Crippen LogP contribution in [-0.4, -0.2) is 18.2 Å². The molecule has 0 aliphatic rings. The Kier molecular flexibility index (Phi) is 3.60. The predicted molar refractivity (Wildman–Crippen MR) is 71.5 cm³/mol. The Morgan fingerprint density at radius 2 is 2.00 bits per heavy atom. The molecule has 4 nitrogen and oxygen atoms in total. The van der Waals surface area contributed by atoms with Gasteiger partial charge in [-0.2, -0.15) is 0 Å². The van der Waals surface area contributed by atoms with Crippen LogP contribution in [0.4, 0.5) is 0 Å². The van der Waals surface area contributed by atoms with Crippen molar-refractivity contribution < 1.29 is 19.1 Å². The van der Waals surface area contributed by atoms with Crippen LogP contribution >= 0.6 is 0 Å². The number of methoxy groups -OCH3 is 1. The van der Waals surface area contributed by atoms with Gasteiger partial charge in [-0.1, -0.05) is 0 Å². The summed E-state index contributed by atoms with van der Waals surface area (Å²) in [6, 6.07) is 7.43. The molecule has 0 saturated heterocycles. The molecular weight excluding hydrogens is 244 g/mol. The minimum Gasteiger partial charge on any atom is -0.496 e. The molecule has 1 aromatic carbocycles. The maximum absolute atomic E-state index is 10.6. The first-order valence-corrected chi connectivity index (χ1v) is 5.97. The number of carboxylic acid groups (broad SMARTS) is 1. The summed E-state index contributed by atoms with van der Waals surface area (Å²) in [7, 11) is 1.64. The van der Waals surface area contributed by atoms with Crippen molar-refractivity contribution in [3.05, 3.63) is 41.2 Å². The third-order valence-corrected chi connectivity index (χ3v) is 2.99. The molecule has 100 valence electrons. The van der Waals surface area contributed by atoms with Gasteiger partial charge < -0.3 is 14.3 Å². The van der Waals surface area contributed by atoms with Crippen LogP contribution in [0.3, 0.4) is 0 Å². The van der Waals surface area contributed by atoms with Crippen molar-refractivity contribution >= 4 is 5.97 Å². The fourth-order valence-electron chi connectivity index (χ4n) is 2.04. The SMILES string of the molecule is COc1cc(C)c(-c2ccc(CC(=O)O)o2)cc1C. The predicted octanol–water partition coefficient (Wildman–Crippen LogP) is 3.20. The molecule has 0 aliphatic heterocycles. The molecule has 0 aliphatic carbocycles. The van der Waals surface area contributed by atoms with Gasteiger partial charge in [0.05, 0.1) is 7.11 Å². The Hall–Kier alpha value is -2.23. The highest BCUT2D eigenvalue weighted by Crippen LogP contribution is 2.31. The van der Waals surface area contributed by atoms with Crippen molar-refractivity contribution in [1.82, 2.24) is 0 Å². The van der Waals surface area contributed by atoms with Gasteiger partial charge in [0, 0.05) is 5.56 Å². The van der Waals surface area contributed by atoms with Crippen molar-refractivity contribution in [2.75, 3.05) is 7.11 Å². The molecule has 4 heteroatoms. The third kappa shape index (κ3) is 2.78. The lowest BCUT2D eigenvalue weighted by atomic mass is 10.0. The number of aliphatic carboxylic acids is 1. The van der Waals surface area contributed by atoms with Crippen LogP contribution in [0.25, 0.3) is 11.3 Å². The first-order valence-electron chi connectivity index (χ1n) is 5.97. The number of carbonyl (C=O) groups is 1. The van der Waals surface area contributed by atoms with Gasteiger partial charge in [0.2, 0.25) is 0 Å². The van der Waals surface area contributed by atoms with Crippen molar-refractivity contribution in [1.29, 1.82) is 0 Å². The molecule has 1 heterocycles. The molecule has 19 heavy (non-hydrogen) atoms. The van der Waals surface area contributed by atoms with E-state index >= 15 is 0 Å². The van der Waals surface area contributed by atoms with Crippen molar-refractivity contribution in [3.63, 3.8) is 0 Å². The molecule has 0 fully saturated rings. The van der Waals surface area contributed by atoms with E-state index in [-0.39, 0.29) is 6.42 Å². The normalized spacial score (nSPS) is 10.5. The number of aryl methyl sites for hydroxylation is 2. The van der Waals surface area contributed by atoms with Crippen LogP contribution in [0.15, 0.2) is 28.7 Å². The fourth-order valence-corrected chi connectivity index (χ4v) is 2.04. The molecule has 2 aromatic rings. The molecule has 0 atom stereocenters. The smallest absolute Gasteiger partial charge is 0.311 e. The van der Waals surface area contributed by atoms with E-state index in [1.165, 1.54) is 0 Å². The molecular formula is C15H16O4. The van der Waals surface area contributed by atoms with Gasteiger partial charge in [0.25, 0.3) is 0 Å². The Morgan fingerprint density at radius 3 is 2.63 bits per heavy atom. The molecule has 0 amide bonds. The Bertz CT molecular complexity index is 611. The van der Waals surface area contributed by atoms with Gasteiger partial charge in [0.15, 0.2) is 0 Å². The van der Waals surface area contributed by atoms with Crippen molar-refractivity contribution in [3.8, 4) is 17.1 Å². The Balaban J connectivity index is 2.39. The van der Waals surface area contributed by atoms with Gasteiger partial charge in [-0.05, 0) is 49.2 Å². The summed E-state index contributed by atoms with van der Waals surface area (Å²) in [6.07, 6.45) is -0.103. The van der Waals surface area contributed by atoms with E-state index in [2.05, 4.69) is 0 Å². The summed E-state index contributed by atoms with van der Waals surface area (Å²) in [5.41, 5.74) is 2.99. The van der Waals surface area contributed by atoms with Crippen LogP contribution in [0.1, 0.15) is 16.9 Å². The highest BCUT2D eigenvalue weighted by molar-refractivity contribution is 5.70. The van der Waals surface area contributed by atoms with Crippen LogP contribution in [-0.2, 0) is 11.2 Å². The lowest BCUT2D eigenvalue weighted by molar-refractivity contribution is -0.136. The first kappa shape index (κ1) is 13.2. The molecule has 0 unspecified atom stereocenters. The number of carboxylic acids is 1. The largest absolute Gasteiger partial charge is 0.496 e. The number of ether oxygens (including phenoxy) is 1. The van der Waals surface area contributed by atoms with Gasteiger partial charge in [-0.25, -0.2) is 0 Å². The quantitative estimate of drug-likeness (QED) is 0.917. The second-order valence-corrected chi connectivity index (χ2v) is 4.47. The molecule has 2 rings (SSSR count). The van der Waals surface area contributed by atoms with E-state index in [1.807, 2.05) is 26.0 Å². The standard InChI is InChI=1S/C15H16O4/c1-9-7-14(18-3)10(2)6-12(9)13-5-4-11(19-13)8-15(16)17/h4-7H,8H2,1-3H3,(H,16,17). The summed E-state index contributed by atoms with van der Waals surface area (Å²) in [4.78, 5) is 10.6. The number of hydrogen-bond donors (Lipinski definition) is 1. The monoisotopic (exact) mass is 260 g/mol. The number of furan rings is 1. The zero-order chi connectivity index (χ0) is 14.0. The van der Waals surface area contributed by atoms with E-state index < -0.39 is 5.97 Å². The van der Waals surface area contributed by atoms with Crippen molar-refractivity contribution in [2.45, 2.75) is 20.3 Å². The minimum absolute atomic E-state index is 0.103. The van der Waals surface area contributed by atoms with Crippen LogP contribution in [0, 0.1) is 13.8 Å². The van der Waals surface area contributed by atoms with Crippen molar-refractivity contribution in [2.24, 2.45) is 0 Å². The van der Waals surface area contributed by atoms with Crippen LogP contribution < -0.4 is 4.74 Å². The first-order chi connectivity index (χ1) is 9.01. The molecule has 1 aromatic heterocycles. The summed E-state index contributed by atoms with van der Waals surface area (Å²) in [5, 5.41) is 8.74. The van der Waals surface area contributed by atoms with E-state index in [1.54, 1.807) is 19.2 Å². The average molecular weight is 260 g/mol. The van der Waals surface area contributed by atoms with Gasteiger partial charge in [0.1, 0.15) is 23.7 Å². The zero-order valence-electron chi connectivity index (χ0n) is 11.2. The molecule has 0 radical (unpaired) electrons. The summed E-state index contributed by atoms with van der Waals surface area (Å²) in [6.45, 7) is 3.93.